The summed E-state index contributed by atoms with van der Waals surface area (Å²) in [5.41, 5.74) is 0. The summed E-state index contributed by atoms with van der Waals surface area (Å²) < 4.78 is 0. The SMILES string of the molecule is C=CCSCCNC(=NC)NCCc1cccs1. The van der Waals surface area contributed by atoms with Gasteiger partial charge in [-0.2, -0.15) is 11.8 Å². The molecular weight excluding hydrogens is 262 g/mol. The molecule has 0 radical (unpaired) electrons. The predicted octanol–water partition coefficient (Wildman–Crippen LogP) is 2.37. The van der Waals surface area contributed by atoms with Crippen molar-refractivity contribution in [2.24, 2.45) is 4.99 Å². The van der Waals surface area contributed by atoms with Gasteiger partial charge < -0.3 is 10.6 Å². The molecule has 0 aliphatic heterocycles. The van der Waals surface area contributed by atoms with E-state index in [1.54, 1.807) is 18.4 Å². The highest BCUT2D eigenvalue weighted by atomic mass is 32.2. The van der Waals surface area contributed by atoms with E-state index < -0.39 is 0 Å². The second kappa shape index (κ2) is 10.0. The lowest BCUT2D eigenvalue weighted by molar-refractivity contribution is 0.818. The molecule has 0 atom stereocenters. The summed E-state index contributed by atoms with van der Waals surface area (Å²) in [5, 5.41) is 8.72. The number of thioether (sulfide) groups is 1. The second-order valence-electron chi connectivity index (χ2n) is 3.62. The van der Waals surface area contributed by atoms with Crippen molar-refractivity contribution in [3.8, 4) is 0 Å². The maximum atomic E-state index is 4.19. The molecule has 1 heterocycles. The van der Waals surface area contributed by atoms with Crippen LogP contribution in [0.2, 0.25) is 0 Å². The van der Waals surface area contributed by atoms with E-state index >= 15 is 0 Å². The minimum Gasteiger partial charge on any atom is -0.356 e. The lowest BCUT2D eigenvalue weighted by atomic mass is 10.3. The van der Waals surface area contributed by atoms with Crippen LogP contribution in [0.4, 0.5) is 0 Å². The lowest BCUT2D eigenvalue weighted by Gasteiger charge is -2.10. The van der Waals surface area contributed by atoms with E-state index in [0.717, 1.165) is 37.0 Å². The van der Waals surface area contributed by atoms with E-state index in [-0.39, 0.29) is 0 Å². The fraction of sp³-hybridized carbons (Fsp3) is 0.462. The van der Waals surface area contributed by atoms with Crippen molar-refractivity contribution in [1.29, 1.82) is 0 Å². The van der Waals surface area contributed by atoms with Gasteiger partial charge in [0.05, 0.1) is 0 Å². The summed E-state index contributed by atoms with van der Waals surface area (Å²) >= 11 is 3.66. The molecule has 0 saturated carbocycles. The average molecular weight is 283 g/mol. The summed E-state index contributed by atoms with van der Waals surface area (Å²) in [7, 11) is 1.80. The van der Waals surface area contributed by atoms with E-state index in [4.69, 9.17) is 0 Å². The number of hydrogen-bond acceptors (Lipinski definition) is 3. The third-order valence-electron chi connectivity index (χ3n) is 2.24. The number of aliphatic imine (C=N–C) groups is 1. The van der Waals surface area contributed by atoms with E-state index in [1.807, 2.05) is 17.8 Å². The summed E-state index contributed by atoms with van der Waals surface area (Å²) in [6.45, 7) is 5.54. The topological polar surface area (TPSA) is 36.4 Å². The Bertz CT molecular complexity index is 347. The fourth-order valence-corrected chi connectivity index (χ4v) is 2.68. The van der Waals surface area contributed by atoms with Crippen LogP contribution in [0.3, 0.4) is 0 Å². The van der Waals surface area contributed by atoms with Crippen molar-refractivity contribution in [2.75, 3.05) is 31.6 Å². The Morgan fingerprint density at radius 3 is 3.00 bits per heavy atom. The molecule has 1 aromatic heterocycles. The smallest absolute Gasteiger partial charge is 0.191 e. The molecule has 0 aliphatic rings. The van der Waals surface area contributed by atoms with Crippen molar-refractivity contribution in [3.63, 3.8) is 0 Å². The van der Waals surface area contributed by atoms with E-state index in [9.17, 15) is 0 Å². The van der Waals surface area contributed by atoms with Crippen molar-refractivity contribution < 1.29 is 0 Å². The lowest BCUT2D eigenvalue weighted by Crippen LogP contribution is -2.39. The summed E-state index contributed by atoms with van der Waals surface area (Å²) in [4.78, 5) is 5.60. The molecule has 3 nitrogen and oxygen atoms in total. The first-order valence-corrected chi connectivity index (χ1v) is 8.05. The highest BCUT2D eigenvalue weighted by molar-refractivity contribution is 7.99. The first kappa shape index (κ1) is 15.1. The average Bonchev–Trinajstić information content (AvgIpc) is 2.89. The summed E-state index contributed by atoms with van der Waals surface area (Å²) in [5.74, 6) is 2.95. The maximum Gasteiger partial charge on any atom is 0.191 e. The van der Waals surface area contributed by atoms with Crippen LogP contribution in [0.15, 0.2) is 35.2 Å². The normalized spacial score (nSPS) is 11.3. The van der Waals surface area contributed by atoms with Crippen LogP contribution in [0, 0.1) is 0 Å². The van der Waals surface area contributed by atoms with Gasteiger partial charge in [0.2, 0.25) is 0 Å². The quantitative estimate of drug-likeness (QED) is 0.333. The van der Waals surface area contributed by atoms with Gasteiger partial charge in [0, 0.05) is 36.5 Å². The molecule has 0 saturated heterocycles. The van der Waals surface area contributed by atoms with Crippen molar-refractivity contribution >= 4 is 29.1 Å². The first-order valence-electron chi connectivity index (χ1n) is 6.02. The Morgan fingerprint density at radius 1 is 1.50 bits per heavy atom. The van der Waals surface area contributed by atoms with Crippen molar-refractivity contribution in [2.45, 2.75) is 6.42 Å². The number of thiophene rings is 1. The minimum atomic E-state index is 0.880. The van der Waals surface area contributed by atoms with Crippen LogP contribution < -0.4 is 10.6 Å². The van der Waals surface area contributed by atoms with E-state index in [0.29, 0.717) is 0 Å². The number of hydrogen-bond donors (Lipinski definition) is 2. The Balaban J connectivity index is 2.08. The van der Waals surface area contributed by atoms with Crippen LogP contribution in [0.1, 0.15) is 4.88 Å². The zero-order chi connectivity index (χ0) is 13.1. The number of nitrogens with zero attached hydrogens (tertiary/aromatic N) is 1. The number of nitrogens with one attached hydrogen (secondary N) is 2. The molecule has 0 bridgehead atoms. The Labute approximate surface area is 118 Å². The molecule has 0 spiro atoms. The predicted molar refractivity (Wildman–Crippen MR) is 84.9 cm³/mol. The first-order chi connectivity index (χ1) is 8.86. The minimum absolute atomic E-state index is 0.880. The second-order valence-corrected chi connectivity index (χ2v) is 5.80. The molecule has 0 unspecified atom stereocenters. The molecule has 1 rings (SSSR count). The van der Waals surface area contributed by atoms with Gasteiger partial charge in [0.25, 0.3) is 0 Å². The molecule has 100 valence electrons. The Kier molecular flexibility index (Phi) is 8.42. The Hall–Kier alpha value is -0.940. The molecule has 2 N–H and O–H groups in total. The zero-order valence-corrected chi connectivity index (χ0v) is 12.4. The molecule has 0 aliphatic carbocycles. The number of rotatable bonds is 8. The highest BCUT2D eigenvalue weighted by Gasteiger charge is 1.97. The van der Waals surface area contributed by atoms with Gasteiger partial charge in [-0.3, -0.25) is 4.99 Å². The molecule has 0 fully saturated rings. The fourth-order valence-electron chi connectivity index (χ4n) is 1.39. The standard InChI is InChI=1S/C13H21N3S2/c1-3-9-17-11-8-16-13(14-2)15-7-6-12-5-4-10-18-12/h3-5,10H,1,6-9,11H2,2H3,(H2,14,15,16). The molecule has 5 heteroatoms. The van der Waals surface area contributed by atoms with Crippen LogP contribution in [-0.4, -0.2) is 37.6 Å². The van der Waals surface area contributed by atoms with Gasteiger partial charge in [0.15, 0.2) is 5.96 Å². The van der Waals surface area contributed by atoms with Gasteiger partial charge in [-0.1, -0.05) is 12.1 Å². The monoisotopic (exact) mass is 283 g/mol. The molecule has 0 aromatic carbocycles. The molecular formula is C13H21N3S2. The van der Waals surface area contributed by atoms with Crippen molar-refractivity contribution in [3.05, 3.63) is 35.0 Å². The Morgan fingerprint density at radius 2 is 2.33 bits per heavy atom. The maximum absolute atomic E-state index is 4.19. The van der Waals surface area contributed by atoms with Crippen LogP contribution >= 0.6 is 23.1 Å². The van der Waals surface area contributed by atoms with Crippen LogP contribution in [0.5, 0.6) is 0 Å². The van der Waals surface area contributed by atoms with Gasteiger partial charge in [-0.05, 0) is 17.9 Å². The zero-order valence-electron chi connectivity index (χ0n) is 10.8. The van der Waals surface area contributed by atoms with Gasteiger partial charge in [-0.15, -0.1) is 17.9 Å². The molecule has 1 aromatic rings. The van der Waals surface area contributed by atoms with E-state index in [2.05, 4.69) is 39.7 Å². The van der Waals surface area contributed by atoms with Gasteiger partial charge >= 0.3 is 0 Å². The van der Waals surface area contributed by atoms with Crippen LogP contribution in [-0.2, 0) is 6.42 Å². The summed E-state index contributed by atoms with van der Waals surface area (Å²) in [6.07, 6.45) is 2.97. The van der Waals surface area contributed by atoms with E-state index in [1.165, 1.54) is 4.88 Å². The molecule has 0 amide bonds. The van der Waals surface area contributed by atoms with Gasteiger partial charge in [-0.25, -0.2) is 0 Å². The van der Waals surface area contributed by atoms with Gasteiger partial charge in [0.1, 0.15) is 0 Å². The third-order valence-corrected chi connectivity index (χ3v) is 4.14. The van der Waals surface area contributed by atoms with Crippen LogP contribution in [0.25, 0.3) is 0 Å². The largest absolute Gasteiger partial charge is 0.356 e. The van der Waals surface area contributed by atoms with Crippen molar-refractivity contribution in [1.82, 2.24) is 10.6 Å². The number of guanidine groups is 1. The molecule has 18 heavy (non-hydrogen) atoms. The summed E-state index contributed by atoms with van der Waals surface area (Å²) in [6, 6.07) is 4.25. The highest BCUT2D eigenvalue weighted by Crippen LogP contribution is 2.07. The third kappa shape index (κ3) is 6.71.